The number of tetrazole rings is 1. The molecule has 94 valence electrons. The van der Waals surface area contributed by atoms with E-state index in [2.05, 4.69) is 43.1 Å². The minimum Gasteiger partial charge on any atom is -0.469 e. The highest BCUT2D eigenvalue weighted by Gasteiger charge is 2.27. The van der Waals surface area contributed by atoms with Crippen LogP contribution in [0.15, 0.2) is 12.3 Å². The zero-order valence-corrected chi connectivity index (χ0v) is 12.0. The van der Waals surface area contributed by atoms with Crippen LogP contribution in [0.2, 0.25) is 0 Å². The van der Waals surface area contributed by atoms with E-state index in [1.165, 1.54) is 0 Å². The minimum absolute atomic E-state index is 0.359. The molecule has 0 aromatic carbocycles. The maximum absolute atomic E-state index is 5.68. The number of nitrogens with zero attached hydrogens (tertiary/aromatic N) is 5. The van der Waals surface area contributed by atoms with Crippen LogP contribution in [0.5, 0.6) is 5.88 Å². The molecule has 0 aliphatic heterocycles. The van der Waals surface area contributed by atoms with E-state index in [4.69, 9.17) is 4.74 Å². The smallest absolute Gasteiger partial charge is 0.216 e. The molecular formula is C11H12IN5O. The number of hydrogen-bond acceptors (Lipinski definition) is 5. The highest BCUT2D eigenvalue weighted by Crippen LogP contribution is 2.34. The van der Waals surface area contributed by atoms with E-state index in [1.807, 2.05) is 17.7 Å². The number of ether oxygens (including phenoxy) is 1. The van der Waals surface area contributed by atoms with Crippen LogP contribution in [0.4, 0.5) is 0 Å². The summed E-state index contributed by atoms with van der Waals surface area (Å²) in [4.78, 5) is 4.26. The molecule has 0 atom stereocenters. The van der Waals surface area contributed by atoms with Crippen molar-refractivity contribution in [3.8, 4) is 5.88 Å². The number of halogens is 1. The van der Waals surface area contributed by atoms with Crippen molar-refractivity contribution in [1.82, 2.24) is 25.2 Å². The van der Waals surface area contributed by atoms with Gasteiger partial charge < -0.3 is 4.74 Å². The molecule has 18 heavy (non-hydrogen) atoms. The second-order valence-electron chi connectivity index (χ2n) is 4.34. The molecule has 0 radical (unpaired) electrons. The van der Waals surface area contributed by atoms with E-state index in [0.29, 0.717) is 18.5 Å². The van der Waals surface area contributed by atoms with E-state index in [9.17, 15) is 0 Å². The van der Waals surface area contributed by atoms with Crippen LogP contribution < -0.4 is 4.74 Å². The van der Waals surface area contributed by atoms with Crippen molar-refractivity contribution in [2.45, 2.75) is 32.4 Å². The quantitative estimate of drug-likeness (QED) is 0.782. The van der Waals surface area contributed by atoms with E-state index in [-0.39, 0.29) is 0 Å². The lowest BCUT2D eigenvalue weighted by molar-refractivity contribution is 0.273. The molecule has 0 bridgehead atoms. The van der Waals surface area contributed by atoms with Crippen LogP contribution in [0, 0.1) is 10.5 Å². The molecule has 2 aromatic rings. The van der Waals surface area contributed by atoms with Crippen LogP contribution in [0.3, 0.4) is 0 Å². The number of pyridine rings is 1. The lowest BCUT2D eigenvalue weighted by Crippen LogP contribution is -2.08. The molecule has 7 heteroatoms. The predicted molar refractivity (Wildman–Crippen MR) is 72.1 cm³/mol. The maximum Gasteiger partial charge on any atom is 0.216 e. The van der Waals surface area contributed by atoms with Gasteiger partial charge in [-0.15, -0.1) is 5.10 Å². The molecule has 6 nitrogen and oxygen atoms in total. The Morgan fingerprint density at radius 2 is 2.33 bits per heavy atom. The Kier molecular flexibility index (Phi) is 3.14. The average molecular weight is 357 g/mol. The summed E-state index contributed by atoms with van der Waals surface area (Å²) in [6.07, 6.45) is 4.09. The third kappa shape index (κ3) is 2.45. The van der Waals surface area contributed by atoms with Crippen molar-refractivity contribution >= 4 is 22.6 Å². The molecule has 2 heterocycles. The van der Waals surface area contributed by atoms with Gasteiger partial charge in [0.2, 0.25) is 5.88 Å². The van der Waals surface area contributed by atoms with Gasteiger partial charge in [0.1, 0.15) is 0 Å². The Balaban J connectivity index is 1.71. The number of hydrogen-bond donors (Lipinski definition) is 0. The molecule has 1 aliphatic carbocycles. The van der Waals surface area contributed by atoms with Crippen molar-refractivity contribution in [2.75, 3.05) is 0 Å². The average Bonchev–Trinajstić information content (AvgIpc) is 3.08. The van der Waals surface area contributed by atoms with Gasteiger partial charge in [-0.25, -0.2) is 9.67 Å². The fourth-order valence-corrected chi connectivity index (χ4v) is 2.33. The summed E-state index contributed by atoms with van der Waals surface area (Å²) in [5, 5.41) is 11.7. The van der Waals surface area contributed by atoms with E-state index >= 15 is 0 Å². The lowest BCUT2D eigenvalue weighted by atomic mass is 10.3. The number of aromatic nitrogens is 5. The first-order chi connectivity index (χ1) is 8.74. The van der Waals surface area contributed by atoms with Gasteiger partial charge in [0.25, 0.3) is 0 Å². The summed E-state index contributed by atoms with van der Waals surface area (Å²) in [6.45, 7) is 2.34. The monoisotopic (exact) mass is 357 g/mol. The van der Waals surface area contributed by atoms with Crippen molar-refractivity contribution in [2.24, 2.45) is 0 Å². The zero-order valence-electron chi connectivity index (χ0n) is 9.88. The molecule has 1 fully saturated rings. The highest BCUT2D eigenvalue weighted by molar-refractivity contribution is 14.1. The molecule has 0 amide bonds. The summed E-state index contributed by atoms with van der Waals surface area (Å²) in [5.41, 5.74) is 1.02. The van der Waals surface area contributed by atoms with Gasteiger partial charge in [-0.2, -0.15) is 0 Å². The summed E-state index contributed by atoms with van der Waals surface area (Å²) >= 11 is 2.23. The minimum atomic E-state index is 0.359. The normalized spacial score (nSPS) is 14.8. The number of rotatable bonds is 4. The van der Waals surface area contributed by atoms with E-state index < -0.39 is 0 Å². The second-order valence-corrected chi connectivity index (χ2v) is 5.58. The van der Waals surface area contributed by atoms with Crippen molar-refractivity contribution in [3.63, 3.8) is 0 Å². The Morgan fingerprint density at radius 1 is 1.50 bits per heavy atom. The molecular weight excluding hydrogens is 345 g/mol. The van der Waals surface area contributed by atoms with Gasteiger partial charge in [-0.05, 0) is 58.8 Å². The van der Waals surface area contributed by atoms with Crippen LogP contribution in [0.25, 0.3) is 0 Å². The Bertz CT molecular complexity index is 566. The van der Waals surface area contributed by atoms with Crippen LogP contribution in [-0.2, 0) is 6.61 Å². The molecule has 2 aromatic heterocycles. The summed E-state index contributed by atoms with van der Waals surface area (Å²) in [7, 11) is 0. The molecule has 0 spiro atoms. The zero-order chi connectivity index (χ0) is 12.5. The van der Waals surface area contributed by atoms with Crippen LogP contribution in [-0.4, -0.2) is 25.2 Å². The Hall–Kier alpha value is -1.25. The standard InChI is InChI=1S/C11H12IN5O/c1-7-4-8(12)5-13-11(7)18-6-10-14-15-16-17(10)9-2-3-9/h4-5,9H,2-3,6H2,1H3. The van der Waals surface area contributed by atoms with Crippen LogP contribution >= 0.6 is 22.6 Å². The van der Waals surface area contributed by atoms with E-state index in [0.717, 1.165) is 27.8 Å². The molecule has 0 N–H and O–H groups in total. The fraction of sp³-hybridized carbons (Fsp3) is 0.455. The second kappa shape index (κ2) is 4.79. The fourth-order valence-electron chi connectivity index (χ4n) is 1.72. The maximum atomic E-state index is 5.68. The van der Waals surface area contributed by atoms with E-state index in [1.54, 1.807) is 6.20 Å². The highest BCUT2D eigenvalue weighted by atomic mass is 127. The Morgan fingerprint density at radius 3 is 3.06 bits per heavy atom. The predicted octanol–water partition coefficient (Wildman–Crippen LogP) is 1.90. The Labute approximate surface area is 118 Å². The molecule has 1 saturated carbocycles. The lowest BCUT2D eigenvalue weighted by Gasteiger charge is -2.07. The van der Waals surface area contributed by atoms with Crippen molar-refractivity contribution < 1.29 is 4.74 Å². The van der Waals surface area contributed by atoms with Crippen LogP contribution in [0.1, 0.15) is 30.3 Å². The first-order valence-electron chi connectivity index (χ1n) is 5.76. The van der Waals surface area contributed by atoms with Gasteiger partial charge in [-0.1, -0.05) is 0 Å². The van der Waals surface area contributed by atoms with Crippen molar-refractivity contribution in [1.29, 1.82) is 0 Å². The largest absolute Gasteiger partial charge is 0.469 e. The molecule has 0 saturated heterocycles. The first-order valence-corrected chi connectivity index (χ1v) is 6.83. The third-order valence-corrected chi connectivity index (χ3v) is 3.38. The molecule has 3 rings (SSSR count). The summed E-state index contributed by atoms with van der Waals surface area (Å²) in [5.74, 6) is 1.40. The first kappa shape index (κ1) is 11.8. The van der Waals surface area contributed by atoms with Gasteiger partial charge in [0.05, 0.1) is 6.04 Å². The van der Waals surface area contributed by atoms with Gasteiger partial charge in [0.15, 0.2) is 12.4 Å². The molecule has 0 unspecified atom stereocenters. The van der Waals surface area contributed by atoms with Gasteiger partial charge in [-0.3, -0.25) is 0 Å². The SMILES string of the molecule is Cc1cc(I)cnc1OCc1nnnn1C1CC1. The summed E-state index contributed by atoms with van der Waals surface area (Å²) in [6, 6.07) is 2.50. The molecule has 1 aliphatic rings. The van der Waals surface area contributed by atoms with Gasteiger partial charge in [0, 0.05) is 15.3 Å². The number of aryl methyl sites for hydroxylation is 1. The van der Waals surface area contributed by atoms with Crippen molar-refractivity contribution in [3.05, 3.63) is 27.2 Å². The topological polar surface area (TPSA) is 65.7 Å². The summed E-state index contributed by atoms with van der Waals surface area (Å²) < 4.78 is 8.62. The van der Waals surface area contributed by atoms with Gasteiger partial charge >= 0.3 is 0 Å². The third-order valence-electron chi connectivity index (χ3n) is 2.79.